The van der Waals surface area contributed by atoms with Crippen molar-refractivity contribution in [2.45, 2.75) is 20.8 Å². The molecule has 0 aliphatic heterocycles. The number of benzene rings is 3. The average molecular weight is 338 g/mol. The van der Waals surface area contributed by atoms with E-state index < -0.39 is 0 Å². The van der Waals surface area contributed by atoms with Gasteiger partial charge in [-0.2, -0.15) is 0 Å². The van der Waals surface area contributed by atoms with Gasteiger partial charge in [0.25, 0.3) is 0 Å². The average Bonchev–Trinajstić information content (AvgIpc) is 2.95. The van der Waals surface area contributed by atoms with Crippen LogP contribution in [0.25, 0.3) is 38.9 Å². The van der Waals surface area contributed by atoms with E-state index in [4.69, 9.17) is 4.42 Å². The Morgan fingerprint density at radius 3 is 2.46 bits per heavy atom. The molecule has 1 heteroatoms. The van der Waals surface area contributed by atoms with Crippen molar-refractivity contribution in [2.75, 3.05) is 0 Å². The molecule has 3 aromatic carbocycles. The molecule has 0 radical (unpaired) electrons. The highest BCUT2D eigenvalue weighted by atomic mass is 16.3. The second-order valence-corrected chi connectivity index (χ2v) is 6.81. The van der Waals surface area contributed by atoms with E-state index in [0.29, 0.717) is 0 Å². The molecule has 1 nitrogen and oxygen atoms in total. The lowest BCUT2D eigenvalue weighted by atomic mass is 9.92. The molecule has 0 unspecified atom stereocenters. The van der Waals surface area contributed by atoms with Crippen molar-refractivity contribution >= 4 is 27.8 Å². The summed E-state index contributed by atoms with van der Waals surface area (Å²) in [6, 6.07) is 17.4. The van der Waals surface area contributed by atoms with Gasteiger partial charge in [-0.1, -0.05) is 61.2 Å². The summed E-state index contributed by atoms with van der Waals surface area (Å²) in [5, 5.41) is 3.64. The van der Waals surface area contributed by atoms with Crippen LogP contribution >= 0.6 is 0 Å². The van der Waals surface area contributed by atoms with Crippen molar-refractivity contribution in [3.8, 4) is 11.1 Å². The van der Waals surface area contributed by atoms with Gasteiger partial charge in [0.15, 0.2) is 0 Å². The molecule has 0 bridgehead atoms. The molecule has 0 atom stereocenters. The van der Waals surface area contributed by atoms with E-state index in [-0.39, 0.29) is 0 Å². The Kier molecular flexibility index (Phi) is 4.00. The van der Waals surface area contributed by atoms with Crippen LogP contribution < -0.4 is 0 Å². The normalized spacial score (nSPS) is 11.7. The van der Waals surface area contributed by atoms with E-state index in [1.807, 2.05) is 13.0 Å². The van der Waals surface area contributed by atoms with Crippen molar-refractivity contribution in [2.24, 2.45) is 0 Å². The van der Waals surface area contributed by atoms with Crippen molar-refractivity contribution in [3.63, 3.8) is 0 Å². The van der Waals surface area contributed by atoms with Crippen LogP contribution in [0, 0.1) is 20.8 Å². The van der Waals surface area contributed by atoms with Crippen LogP contribution in [0.15, 0.2) is 71.7 Å². The summed E-state index contributed by atoms with van der Waals surface area (Å²) in [6.07, 6.45) is 5.85. The topological polar surface area (TPSA) is 13.1 Å². The maximum Gasteiger partial charge on any atom is 0.135 e. The maximum absolute atomic E-state index is 6.02. The highest BCUT2D eigenvalue weighted by molar-refractivity contribution is 6.11. The van der Waals surface area contributed by atoms with Gasteiger partial charge in [-0.25, -0.2) is 0 Å². The molecule has 4 rings (SSSR count). The van der Waals surface area contributed by atoms with Gasteiger partial charge in [0.2, 0.25) is 0 Å². The van der Waals surface area contributed by atoms with Crippen LogP contribution in [0.5, 0.6) is 0 Å². The number of rotatable bonds is 3. The van der Waals surface area contributed by atoms with Gasteiger partial charge in [-0.3, -0.25) is 0 Å². The lowest BCUT2D eigenvalue weighted by Crippen LogP contribution is -1.88. The predicted octanol–water partition coefficient (Wildman–Crippen LogP) is 7.38. The largest absolute Gasteiger partial charge is 0.461 e. The van der Waals surface area contributed by atoms with Crippen LogP contribution in [0.2, 0.25) is 0 Å². The van der Waals surface area contributed by atoms with Crippen LogP contribution in [0.3, 0.4) is 0 Å². The summed E-state index contributed by atoms with van der Waals surface area (Å²) < 4.78 is 6.02. The van der Waals surface area contributed by atoms with Gasteiger partial charge in [0.05, 0.1) is 0 Å². The Morgan fingerprint density at radius 1 is 0.885 bits per heavy atom. The molecule has 0 saturated heterocycles. The van der Waals surface area contributed by atoms with E-state index in [1.54, 1.807) is 6.08 Å². The Bertz CT molecular complexity index is 1170. The standard InChI is InChI=1S/C25H22O/c1-5-6-10-21-18(4)26-24-13-12-19-14-17(3)22(15-23(19)25(21)24)20-11-8-7-9-16(20)2/h5-15H,1H2,2-4H3/b10-6-. The molecule has 0 N–H and O–H groups in total. The molecule has 0 saturated carbocycles. The van der Waals surface area contributed by atoms with E-state index in [9.17, 15) is 0 Å². The number of fused-ring (bicyclic) bond motifs is 3. The zero-order chi connectivity index (χ0) is 18.3. The fourth-order valence-corrected chi connectivity index (χ4v) is 3.76. The van der Waals surface area contributed by atoms with Gasteiger partial charge in [-0.05, 0) is 65.9 Å². The number of aryl methyl sites for hydroxylation is 3. The summed E-state index contributed by atoms with van der Waals surface area (Å²) in [7, 11) is 0. The molecule has 0 amide bonds. The van der Waals surface area contributed by atoms with Gasteiger partial charge in [0, 0.05) is 10.9 Å². The van der Waals surface area contributed by atoms with Crippen molar-refractivity contribution < 1.29 is 4.42 Å². The summed E-state index contributed by atoms with van der Waals surface area (Å²) in [5.74, 6) is 0.934. The fraction of sp³-hybridized carbons (Fsp3) is 0.120. The van der Waals surface area contributed by atoms with E-state index >= 15 is 0 Å². The minimum atomic E-state index is 0.929. The first kappa shape index (κ1) is 16.4. The number of furan rings is 1. The maximum atomic E-state index is 6.02. The zero-order valence-electron chi connectivity index (χ0n) is 15.5. The van der Waals surface area contributed by atoms with Crippen molar-refractivity contribution in [1.29, 1.82) is 0 Å². The predicted molar refractivity (Wildman–Crippen MR) is 113 cm³/mol. The third kappa shape index (κ3) is 2.57. The molecular formula is C25H22O. The SMILES string of the molecule is C=C/C=C\c1c(C)oc2ccc3cc(C)c(-c4ccccc4C)cc3c12. The van der Waals surface area contributed by atoms with Gasteiger partial charge in [-0.15, -0.1) is 0 Å². The van der Waals surface area contributed by atoms with Crippen LogP contribution in [-0.2, 0) is 0 Å². The number of hydrogen-bond donors (Lipinski definition) is 0. The van der Waals surface area contributed by atoms with Crippen molar-refractivity contribution in [1.82, 2.24) is 0 Å². The monoisotopic (exact) mass is 338 g/mol. The third-order valence-corrected chi connectivity index (χ3v) is 5.07. The van der Waals surface area contributed by atoms with Gasteiger partial charge < -0.3 is 4.42 Å². The molecule has 26 heavy (non-hydrogen) atoms. The fourth-order valence-electron chi connectivity index (χ4n) is 3.76. The first-order valence-corrected chi connectivity index (χ1v) is 8.91. The first-order chi connectivity index (χ1) is 12.6. The molecule has 0 aliphatic carbocycles. The Balaban J connectivity index is 2.10. The molecule has 1 aromatic heterocycles. The Labute approximate surface area is 154 Å². The minimum absolute atomic E-state index is 0.929. The molecule has 0 spiro atoms. The van der Waals surface area contributed by atoms with Crippen LogP contribution in [-0.4, -0.2) is 0 Å². The number of hydrogen-bond acceptors (Lipinski definition) is 1. The van der Waals surface area contributed by atoms with Crippen LogP contribution in [0.4, 0.5) is 0 Å². The second-order valence-electron chi connectivity index (χ2n) is 6.81. The van der Waals surface area contributed by atoms with E-state index in [0.717, 1.165) is 16.9 Å². The lowest BCUT2D eigenvalue weighted by Gasteiger charge is -2.12. The smallest absolute Gasteiger partial charge is 0.135 e. The van der Waals surface area contributed by atoms with Gasteiger partial charge >= 0.3 is 0 Å². The Morgan fingerprint density at radius 2 is 1.69 bits per heavy atom. The molecule has 0 aliphatic rings. The zero-order valence-corrected chi connectivity index (χ0v) is 15.5. The highest BCUT2D eigenvalue weighted by Gasteiger charge is 2.14. The van der Waals surface area contributed by atoms with E-state index in [2.05, 4.69) is 75.0 Å². The quantitative estimate of drug-likeness (QED) is 0.355. The molecule has 128 valence electrons. The summed E-state index contributed by atoms with van der Waals surface area (Å²) in [6.45, 7) is 10.2. The molecule has 1 heterocycles. The van der Waals surface area contributed by atoms with Crippen LogP contribution in [0.1, 0.15) is 22.5 Å². The minimum Gasteiger partial charge on any atom is -0.461 e. The summed E-state index contributed by atoms with van der Waals surface area (Å²) >= 11 is 0. The van der Waals surface area contributed by atoms with E-state index in [1.165, 1.54) is 38.4 Å². The third-order valence-electron chi connectivity index (χ3n) is 5.07. The number of allylic oxidation sites excluding steroid dienone is 2. The molecular weight excluding hydrogens is 316 g/mol. The molecule has 4 aromatic rings. The summed E-state index contributed by atoms with van der Waals surface area (Å²) in [5.41, 5.74) is 7.20. The lowest BCUT2D eigenvalue weighted by molar-refractivity contribution is 0.577. The van der Waals surface area contributed by atoms with Crippen molar-refractivity contribution in [3.05, 3.63) is 89.7 Å². The molecule has 0 fully saturated rings. The first-order valence-electron chi connectivity index (χ1n) is 8.91. The summed E-state index contributed by atoms with van der Waals surface area (Å²) in [4.78, 5) is 0. The van der Waals surface area contributed by atoms with Gasteiger partial charge in [0.1, 0.15) is 11.3 Å². The Hall–Kier alpha value is -3.06. The highest BCUT2D eigenvalue weighted by Crippen LogP contribution is 2.37. The second kappa shape index (κ2) is 6.34.